The van der Waals surface area contributed by atoms with Crippen LogP contribution < -0.4 is 0 Å². The van der Waals surface area contributed by atoms with E-state index in [0.717, 1.165) is 45.3 Å². The number of nitrogens with zero attached hydrogens (tertiary/aromatic N) is 4. The molecule has 0 atom stereocenters. The van der Waals surface area contributed by atoms with Crippen LogP contribution in [-0.2, 0) is 0 Å². The monoisotopic (exact) mass is 318 g/mol. The van der Waals surface area contributed by atoms with Gasteiger partial charge in [-0.3, -0.25) is 9.80 Å². The molecule has 0 aromatic heterocycles. The maximum atomic E-state index is 8.92. The van der Waals surface area contributed by atoms with Gasteiger partial charge in [0.2, 0.25) is 0 Å². The predicted octanol–water partition coefficient (Wildman–Crippen LogP) is 3.79. The molecule has 2 fully saturated rings. The Morgan fingerprint density at radius 1 is 0.870 bits per heavy atom. The summed E-state index contributed by atoms with van der Waals surface area (Å²) in [5, 5.41) is 17.8. The van der Waals surface area contributed by atoms with Gasteiger partial charge in [0, 0.05) is 18.6 Å². The Hall–Kier alpha value is -1.10. The van der Waals surface area contributed by atoms with E-state index in [1.807, 2.05) is 0 Å². The average molecular weight is 319 g/mol. The first-order chi connectivity index (χ1) is 10.8. The molecular weight excluding hydrogens is 284 g/mol. The van der Waals surface area contributed by atoms with Crippen molar-refractivity contribution in [2.24, 2.45) is 5.41 Å². The SMILES string of the molecule is CCN(C(C)C)C1(C#N)CC1.CCN(CC1(C#N)CC1)C(C)C. The predicted molar refractivity (Wildman–Crippen MR) is 94.8 cm³/mol. The minimum absolute atomic E-state index is 0.0281. The van der Waals surface area contributed by atoms with Gasteiger partial charge in [0.1, 0.15) is 5.54 Å². The van der Waals surface area contributed by atoms with Gasteiger partial charge in [0.15, 0.2) is 0 Å². The zero-order chi connectivity index (χ0) is 17.7. The lowest BCUT2D eigenvalue weighted by Gasteiger charge is -2.29. The summed E-state index contributed by atoms with van der Waals surface area (Å²) >= 11 is 0. The Balaban J connectivity index is 0.000000231. The highest BCUT2D eigenvalue weighted by atomic mass is 15.2. The lowest BCUT2D eigenvalue weighted by atomic mass is 10.1. The zero-order valence-electron chi connectivity index (χ0n) is 15.9. The topological polar surface area (TPSA) is 54.1 Å². The van der Waals surface area contributed by atoms with Gasteiger partial charge in [-0.1, -0.05) is 13.8 Å². The van der Waals surface area contributed by atoms with Crippen LogP contribution in [0.5, 0.6) is 0 Å². The summed E-state index contributed by atoms with van der Waals surface area (Å²) < 4.78 is 0. The van der Waals surface area contributed by atoms with Crippen molar-refractivity contribution in [2.75, 3.05) is 19.6 Å². The summed E-state index contributed by atoms with van der Waals surface area (Å²) in [5.74, 6) is 0. The minimum Gasteiger partial charge on any atom is -0.300 e. The number of hydrogen-bond acceptors (Lipinski definition) is 4. The van der Waals surface area contributed by atoms with Gasteiger partial charge in [-0.2, -0.15) is 10.5 Å². The lowest BCUT2D eigenvalue weighted by molar-refractivity contribution is 0.181. The number of hydrogen-bond donors (Lipinski definition) is 0. The van der Waals surface area contributed by atoms with Crippen molar-refractivity contribution in [3.05, 3.63) is 0 Å². The van der Waals surface area contributed by atoms with Gasteiger partial charge < -0.3 is 0 Å². The molecule has 0 heterocycles. The molecule has 0 unspecified atom stereocenters. The Morgan fingerprint density at radius 2 is 1.43 bits per heavy atom. The van der Waals surface area contributed by atoms with E-state index in [1.165, 1.54) is 0 Å². The summed E-state index contributed by atoms with van der Waals surface area (Å²) in [4.78, 5) is 4.66. The Bertz CT molecular complexity index is 447. The lowest BCUT2D eigenvalue weighted by Crippen LogP contribution is -2.41. The fraction of sp³-hybridized carbons (Fsp3) is 0.895. The molecule has 23 heavy (non-hydrogen) atoms. The van der Waals surface area contributed by atoms with Crippen molar-refractivity contribution >= 4 is 0 Å². The van der Waals surface area contributed by atoms with Gasteiger partial charge in [0.25, 0.3) is 0 Å². The Kier molecular flexibility index (Phi) is 7.05. The molecular formula is C19H34N4. The Labute approximate surface area is 143 Å². The first-order valence-corrected chi connectivity index (χ1v) is 9.13. The third kappa shape index (κ3) is 5.20. The molecule has 2 rings (SSSR count). The first kappa shape index (κ1) is 19.9. The van der Waals surface area contributed by atoms with Crippen molar-refractivity contribution in [1.29, 1.82) is 10.5 Å². The molecule has 0 aromatic carbocycles. The van der Waals surface area contributed by atoms with Crippen LogP contribution in [-0.4, -0.2) is 47.1 Å². The highest BCUT2D eigenvalue weighted by Crippen LogP contribution is 2.45. The van der Waals surface area contributed by atoms with Crippen molar-refractivity contribution in [3.8, 4) is 12.1 Å². The van der Waals surface area contributed by atoms with E-state index in [4.69, 9.17) is 10.5 Å². The molecule has 2 aliphatic carbocycles. The third-order valence-electron chi connectivity index (χ3n) is 5.18. The molecule has 0 aromatic rings. The van der Waals surface area contributed by atoms with Gasteiger partial charge in [-0.25, -0.2) is 0 Å². The van der Waals surface area contributed by atoms with E-state index in [-0.39, 0.29) is 11.0 Å². The highest BCUT2D eigenvalue weighted by Gasteiger charge is 2.48. The molecule has 0 spiro atoms. The van der Waals surface area contributed by atoms with Gasteiger partial charge in [-0.15, -0.1) is 0 Å². The van der Waals surface area contributed by atoms with Crippen LogP contribution in [0.15, 0.2) is 0 Å². The molecule has 0 aliphatic heterocycles. The molecule has 0 bridgehead atoms. The van der Waals surface area contributed by atoms with E-state index < -0.39 is 0 Å². The quantitative estimate of drug-likeness (QED) is 0.716. The molecule has 0 saturated heterocycles. The van der Waals surface area contributed by atoms with Gasteiger partial charge >= 0.3 is 0 Å². The summed E-state index contributed by atoms with van der Waals surface area (Å²) in [6, 6.07) is 5.91. The second-order valence-corrected chi connectivity index (χ2v) is 7.57. The van der Waals surface area contributed by atoms with E-state index >= 15 is 0 Å². The molecule has 2 aliphatic rings. The molecule has 0 radical (unpaired) electrons. The van der Waals surface area contributed by atoms with Crippen LogP contribution in [0.25, 0.3) is 0 Å². The van der Waals surface area contributed by atoms with Crippen LogP contribution in [0.2, 0.25) is 0 Å². The van der Waals surface area contributed by atoms with Crippen molar-refractivity contribution in [1.82, 2.24) is 9.80 Å². The molecule has 4 nitrogen and oxygen atoms in total. The van der Waals surface area contributed by atoms with Crippen LogP contribution in [0.3, 0.4) is 0 Å². The summed E-state index contributed by atoms with van der Waals surface area (Å²) in [5.41, 5.74) is -0.0524. The fourth-order valence-electron chi connectivity index (χ4n) is 3.25. The van der Waals surface area contributed by atoms with Gasteiger partial charge in [-0.05, 0) is 66.5 Å². The van der Waals surface area contributed by atoms with Crippen LogP contribution in [0, 0.1) is 28.1 Å². The maximum absolute atomic E-state index is 8.92. The van der Waals surface area contributed by atoms with Gasteiger partial charge in [0.05, 0.1) is 17.6 Å². The van der Waals surface area contributed by atoms with Crippen molar-refractivity contribution in [3.63, 3.8) is 0 Å². The molecule has 4 heteroatoms. The van der Waals surface area contributed by atoms with Crippen LogP contribution >= 0.6 is 0 Å². The summed E-state index contributed by atoms with van der Waals surface area (Å²) in [7, 11) is 0. The minimum atomic E-state index is -0.0804. The molecule has 2 saturated carbocycles. The smallest absolute Gasteiger partial charge is 0.109 e. The Morgan fingerprint density at radius 3 is 1.61 bits per heavy atom. The largest absolute Gasteiger partial charge is 0.300 e. The van der Waals surface area contributed by atoms with Crippen molar-refractivity contribution < 1.29 is 0 Å². The number of rotatable bonds is 7. The van der Waals surface area contributed by atoms with Crippen LogP contribution in [0.4, 0.5) is 0 Å². The average Bonchev–Trinajstić information content (AvgIpc) is 3.42. The van der Waals surface area contributed by atoms with E-state index in [0.29, 0.717) is 12.1 Å². The normalized spacial score (nSPS) is 20.0. The summed E-state index contributed by atoms with van der Waals surface area (Å²) in [6.07, 6.45) is 4.34. The van der Waals surface area contributed by atoms with E-state index in [9.17, 15) is 0 Å². The first-order valence-electron chi connectivity index (χ1n) is 9.13. The highest BCUT2D eigenvalue weighted by molar-refractivity contribution is 5.19. The molecule has 0 N–H and O–H groups in total. The molecule has 0 amide bonds. The number of nitriles is 2. The van der Waals surface area contributed by atoms with Crippen molar-refractivity contribution in [2.45, 2.75) is 84.8 Å². The van der Waals surface area contributed by atoms with E-state index in [1.54, 1.807) is 0 Å². The zero-order valence-corrected chi connectivity index (χ0v) is 15.9. The second-order valence-electron chi connectivity index (χ2n) is 7.57. The maximum Gasteiger partial charge on any atom is 0.109 e. The summed E-state index contributed by atoms with van der Waals surface area (Å²) in [6.45, 7) is 16.0. The van der Waals surface area contributed by atoms with E-state index in [2.05, 4.69) is 63.5 Å². The van der Waals surface area contributed by atoms with Crippen LogP contribution in [0.1, 0.15) is 67.2 Å². The standard InChI is InChI=1S/C10H18N2.C9H16N2/c1-4-12(9(2)3)8-10(7-11)5-6-10;1-4-11(8(2)3)9(7-10)5-6-9/h9H,4-6,8H2,1-3H3;8H,4-6H2,1-3H3. The third-order valence-corrected chi connectivity index (χ3v) is 5.18. The second kappa shape index (κ2) is 8.13. The molecule has 130 valence electrons. The fourth-order valence-corrected chi connectivity index (χ4v) is 3.25.